The van der Waals surface area contributed by atoms with Crippen LogP contribution in [0.3, 0.4) is 0 Å². The molecular weight excluding hydrogens is 450 g/mol. The number of nitrogens with one attached hydrogen (secondary N) is 2. The molecule has 0 unspecified atom stereocenters. The van der Waals surface area contributed by atoms with Crippen LogP contribution in [0.1, 0.15) is 22.8 Å². The number of hydrogen-bond donors (Lipinski definition) is 2. The number of nitrogens with zero attached hydrogens (tertiary/aromatic N) is 1. The molecule has 1 aromatic heterocycles. The van der Waals surface area contributed by atoms with Crippen LogP contribution in [-0.4, -0.2) is 35.4 Å². The topological polar surface area (TPSA) is 97.4 Å². The molecule has 8 heteroatoms. The van der Waals surface area contributed by atoms with E-state index in [-0.39, 0.29) is 0 Å². The van der Waals surface area contributed by atoms with Gasteiger partial charge in [-0.2, -0.15) is 0 Å². The highest BCUT2D eigenvalue weighted by atomic mass is 32.1. The molecule has 2 amide bonds. The van der Waals surface area contributed by atoms with Gasteiger partial charge in [0.25, 0.3) is 11.8 Å². The number of carbonyl (C=O) groups excluding carboxylic acids is 3. The van der Waals surface area contributed by atoms with E-state index < -0.39 is 30.4 Å². The number of rotatable bonds is 7. The second-order valence-corrected chi connectivity index (χ2v) is 8.82. The van der Waals surface area contributed by atoms with Gasteiger partial charge in [-0.15, -0.1) is 11.3 Å². The molecule has 0 aliphatic heterocycles. The molecule has 0 radical (unpaired) electrons. The van der Waals surface area contributed by atoms with Crippen molar-refractivity contribution >= 4 is 45.0 Å². The van der Waals surface area contributed by atoms with Gasteiger partial charge in [-0.1, -0.05) is 24.3 Å². The molecule has 0 aliphatic carbocycles. The van der Waals surface area contributed by atoms with Gasteiger partial charge in [0.15, 0.2) is 6.61 Å². The summed E-state index contributed by atoms with van der Waals surface area (Å²) in [5.74, 6) is -1.56. The molecule has 0 fully saturated rings. The van der Waals surface area contributed by atoms with Gasteiger partial charge < -0.3 is 15.4 Å². The van der Waals surface area contributed by atoms with E-state index in [0.29, 0.717) is 11.3 Å². The van der Waals surface area contributed by atoms with Gasteiger partial charge in [0.1, 0.15) is 11.0 Å². The first-order valence-corrected chi connectivity index (χ1v) is 11.5. The van der Waals surface area contributed by atoms with E-state index in [2.05, 4.69) is 28.6 Å². The number of hydrogen-bond acceptors (Lipinski definition) is 6. The molecule has 0 bridgehead atoms. The number of anilines is 1. The number of esters is 1. The van der Waals surface area contributed by atoms with E-state index in [1.807, 2.05) is 24.3 Å². The molecule has 0 aliphatic rings. The third-order valence-corrected chi connectivity index (χ3v) is 6.11. The summed E-state index contributed by atoms with van der Waals surface area (Å²) in [4.78, 5) is 41.1. The van der Waals surface area contributed by atoms with Gasteiger partial charge in [-0.05, 0) is 67.9 Å². The molecule has 1 heterocycles. The Hall–Kier alpha value is -4.04. The summed E-state index contributed by atoms with van der Waals surface area (Å²) in [5, 5.41) is 6.15. The quantitative estimate of drug-likeness (QED) is 0.383. The third-order valence-electron chi connectivity index (χ3n) is 5.04. The Morgan fingerprint density at radius 3 is 2.47 bits per heavy atom. The molecule has 172 valence electrons. The van der Waals surface area contributed by atoms with Gasteiger partial charge >= 0.3 is 5.97 Å². The molecule has 7 nitrogen and oxygen atoms in total. The predicted molar refractivity (Wildman–Crippen MR) is 133 cm³/mol. The largest absolute Gasteiger partial charge is 0.454 e. The van der Waals surface area contributed by atoms with Gasteiger partial charge in [0.05, 0.1) is 10.2 Å². The van der Waals surface area contributed by atoms with E-state index in [1.54, 1.807) is 53.8 Å². The Morgan fingerprint density at radius 2 is 1.74 bits per heavy atom. The number of amides is 2. The van der Waals surface area contributed by atoms with Crippen LogP contribution in [0, 0.1) is 6.92 Å². The number of aromatic nitrogens is 1. The first-order valence-electron chi connectivity index (χ1n) is 10.7. The highest BCUT2D eigenvalue weighted by Gasteiger charge is 2.19. The summed E-state index contributed by atoms with van der Waals surface area (Å²) >= 11 is 1.62. The Morgan fingerprint density at radius 1 is 1.00 bits per heavy atom. The van der Waals surface area contributed by atoms with Crippen molar-refractivity contribution in [2.45, 2.75) is 19.9 Å². The van der Waals surface area contributed by atoms with E-state index in [0.717, 1.165) is 20.8 Å². The van der Waals surface area contributed by atoms with Gasteiger partial charge in [-0.25, -0.2) is 9.78 Å². The number of benzene rings is 3. The minimum atomic E-state index is -0.891. The summed E-state index contributed by atoms with van der Waals surface area (Å²) in [6, 6.07) is 21.1. The van der Waals surface area contributed by atoms with Crippen molar-refractivity contribution < 1.29 is 19.1 Å². The maximum atomic E-state index is 12.2. The van der Waals surface area contributed by atoms with E-state index in [1.165, 1.54) is 12.5 Å². The van der Waals surface area contributed by atoms with Crippen molar-refractivity contribution in [3.8, 4) is 10.6 Å². The first-order chi connectivity index (χ1) is 16.4. The number of fused-ring (bicyclic) bond motifs is 1. The SMILES string of the molecule is Cc1ccc2nc(-c3ccc(NC(=O)COC(=O)[C@H](C)NC(=O)c4ccccc4)cc3)sc2c1. The molecule has 1 atom stereocenters. The van der Waals surface area contributed by atoms with Crippen LogP contribution in [0.4, 0.5) is 5.69 Å². The fraction of sp³-hybridized carbons (Fsp3) is 0.154. The second-order valence-electron chi connectivity index (χ2n) is 7.78. The van der Waals surface area contributed by atoms with Crippen molar-refractivity contribution in [3.63, 3.8) is 0 Å². The van der Waals surface area contributed by atoms with Crippen LogP contribution in [0.15, 0.2) is 72.8 Å². The standard InChI is InChI=1S/C26H23N3O4S/c1-16-8-13-21-22(14-16)34-25(29-21)19-9-11-20(12-10-19)28-23(30)15-33-26(32)17(2)27-24(31)18-6-4-3-5-7-18/h3-14,17H,15H2,1-2H3,(H,27,31)(H,28,30)/t17-/m0/s1. The lowest BCUT2D eigenvalue weighted by Gasteiger charge is -2.13. The lowest BCUT2D eigenvalue weighted by molar-refractivity contribution is -0.148. The van der Waals surface area contributed by atoms with Crippen LogP contribution in [0.5, 0.6) is 0 Å². The third kappa shape index (κ3) is 5.65. The van der Waals surface area contributed by atoms with Crippen molar-refractivity contribution in [1.82, 2.24) is 10.3 Å². The Kier molecular flexibility index (Phi) is 6.98. The Balaban J connectivity index is 1.28. The molecule has 4 rings (SSSR count). The molecule has 4 aromatic rings. The van der Waals surface area contributed by atoms with Crippen LogP contribution in [0.2, 0.25) is 0 Å². The molecule has 0 saturated heterocycles. The van der Waals surface area contributed by atoms with Crippen molar-refractivity contribution in [2.75, 3.05) is 11.9 Å². The molecule has 2 N–H and O–H groups in total. The summed E-state index contributed by atoms with van der Waals surface area (Å²) in [5.41, 5.74) is 4.11. The lowest BCUT2D eigenvalue weighted by Crippen LogP contribution is -2.40. The highest BCUT2D eigenvalue weighted by molar-refractivity contribution is 7.21. The fourth-order valence-corrected chi connectivity index (χ4v) is 4.31. The van der Waals surface area contributed by atoms with Crippen LogP contribution < -0.4 is 10.6 Å². The molecule has 3 aromatic carbocycles. The summed E-state index contributed by atoms with van der Waals surface area (Å²) in [6.07, 6.45) is 0. The predicted octanol–water partition coefficient (Wildman–Crippen LogP) is 4.57. The second kappa shape index (κ2) is 10.3. The van der Waals surface area contributed by atoms with E-state index in [4.69, 9.17) is 4.74 Å². The van der Waals surface area contributed by atoms with Crippen molar-refractivity contribution in [2.24, 2.45) is 0 Å². The first kappa shape index (κ1) is 23.1. The molecule has 34 heavy (non-hydrogen) atoms. The molecular formula is C26H23N3O4S. The smallest absolute Gasteiger partial charge is 0.328 e. The maximum Gasteiger partial charge on any atom is 0.328 e. The zero-order valence-corrected chi connectivity index (χ0v) is 19.5. The summed E-state index contributed by atoms with van der Waals surface area (Å²) in [6.45, 7) is 3.10. The summed E-state index contributed by atoms with van der Waals surface area (Å²) in [7, 11) is 0. The van der Waals surface area contributed by atoms with Gasteiger partial charge in [0.2, 0.25) is 0 Å². The number of thiazole rings is 1. The zero-order chi connectivity index (χ0) is 24.1. The average molecular weight is 474 g/mol. The lowest BCUT2D eigenvalue weighted by atomic mass is 10.2. The number of carbonyl (C=O) groups is 3. The normalized spacial score (nSPS) is 11.6. The minimum Gasteiger partial charge on any atom is -0.454 e. The van der Waals surface area contributed by atoms with E-state index >= 15 is 0 Å². The average Bonchev–Trinajstić information content (AvgIpc) is 3.26. The zero-order valence-electron chi connectivity index (χ0n) is 18.7. The highest BCUT2D eigenvalue weighted by Crippen LogP contribution is 2.31. The minimum absolute atomic E-state index is 0.391. The number of aryl methyl sites for hydroxylation is 1. The summed E-state index contributed by atoms with van der Waals surface area (Å²) < 4.78 is 6.17. The van der Waals surface area contributed by atoms with Crippen LogP contribution in [0.25, 0.3) is 20.8 Å². The maximum absolute atomic E-state index is 12.2. The fourth-order valence-electron chi connectivity index (χ4n) is 3.24. The molecule has 0 saturated carbocycles. The van der Waals surface area contributed by atoms with Crippen LogP contribution in [-0.2, 0) is 14.3 Å². The number of ether oxygens (including phenoxy) is 1. The van der Waals surface area contributed by atoms with Crippen LogP contribution >= 0.6 is 11.3 Å². The Labute approximate surface area is 200 Å². The monoisotopic (exact) mass is 473 g/mol. The molecule has 0 spiro atoms. The van der Waals surface area contributed by atoms with Gasteiger partial charge in [0, 0.05) is 16.8 Å². The van der Waals surface area contributed by atoms with Crippen molar-refractivity contribution in [1.29, 1.82) is 0 Å². The van der Waals surface area contributed by atoms with E-state index in [9.17, 15) is 14.4 Å². The Bertz CT molecular complexity index is 1330. The van der Waals surface area contributed by atoms with Gasteiger partial charge in [-0.3, -0.25) is 9.59 Å². The van der Waals surface area contributed by atoms with Crippen molar-refractivity contribution in [3.05, 3.63) is 83.9 Å².